The number of hydrogen-bond donors (Lipinski definition) is 1. The SMILES string of the molecule is COc1ccc(S(=O)(=O)N(C)C)cc1NC(=O)COC(=O)c1cc2c(c(OC)c1)O[C@H](C)C2. The van der Waals surface area contributed by atoms with E-state index >= 15 is 0 Å². The van der Waals surface area contributed by atoms with Crippen LogP contribution in [0.25, 0.3) is 0 Å². The lowest BCUT2D eigenvalue weighted by atomic mass is 10.1. The Labute approximate surface area is 192 Å². The maximum atomic E-state index is 12.5. The van der Waals surface area contributed by atoms with Gasteiger partial charge in [-0.3, -0.25) is 4.79 Å². The molecule has 1 heterocycles. The second-order valence-electron chi connectivity index (χ2n) is 7.57. The zero-order valence-corrected chi connectivity index (χ0v) is 19.8. The summed E-state index contributed by atoms with van der Waals surface area (Å²) in [5.74, 6) is -0.103. The van der Waals surface area contributed by atoms with Gasteiger partial charge < -0.3 is 24.3 Å². The standard InChI is InChI=1S/C22H26N2O8S/c1-13-8-14-9-15(10-19(30-5)21(14)32-13)22(26)31-12-20(25)23-17-11-16(6-7-18(17)29-4)33(27,28)24(2)3/h6-7,9-11,13H,8,12H2,1-5H3,(H,23,25)/t13-/m1/s1. The average molecular weight is 479 g/mol. The van der Waals surface area contributed by atoms with Gasteiger partial charge in [0, 0.05) is 26.1 Å². The summed E-state index contributed by atoms with van der Waals surface area (Å²) >= 11 is 0. The second-order valence-corrected chi connectivity index (χ2v) is 9.73. The third-order valence-electron chi connectivity index (χ3n) is 4.97. The molecular weight excluding hydrogens is 452 g/mol. The van der Waals surface area contributed by atoms with Crippen molar-refractivity contribution in [2.24, 2.45) is 0 Å². The third-order valence-corrected chi connectivity index (χ3v) is 6.78. The van der Waals surface area contributed by atoms with E-state index in [-0.39, 0.29) is 28.0 Å². The van der Waals surface area contributed by atoms with Crippen LogP contribution in [0.3, 0.4) is 0 Å². The molecule has 0 aliphatic carbocycles. The molecule has 1 amide bonds. The minimum absolute atomic E-state index is 0.0257. The van der Waals surface area contributed by atoms with E-state index in [9.17, 15) is 18.0 Å². The minimum Gasteiger partial charge on any atom is -0.495 e. The van der Waals surface area contributed by atoms with Crippen molar-refractivity contribution in [2.75, 3.05) is 40.2 Å². The van der Waals surface area contributed by atoms with Gasteiger partial charge in [-0.15, -0.1) is 0 Å². The van der Waals surface area contributed by atoms with Crippen molar-refractivity contribution >= 4 is 27.6 Å². The Bertz CT molecular complexity index is 1180. The topological polar surface area (TPSA) is 120 Å². The summed E-state index contributed by atoms with van der Waals surface area (Å²) in [7, 11) is 1.94. The van der Waals surface area contributed by atoms with Gasteiger partial charge in [-0.05, 0) is 37.3 Å². The van der Waals surface area contributed by atoms with Crippen molar-refractivity contribution < 1.29 is 37.0 Å². The quantitative estimate of drug-likeness (QED) is 0.573. The molecule has 33 heavy (non-hydrogen) atoms. The molecule has 2 aromatic rings. The van der Waals surface area contributed by atoms with E-state index in [4.69, 9.17) is 18.9 Å². The predicted octanol–water partition coefficient (Wildman–Crippen LogP) is 2.07. The van der Waals surface area contributed by atoms with Gasteiger partial charge in [-0.2, -0.15) is 0 Å². The number of ether oxygens (including phenoxy) is 4. The summed E-state index contributed by atoms with van der Waals surface area (Å²) < 4.78 is 47.1. The number of nitrogens with one attached hydrogen (secondary N) is 1. The molecule has 10 nitrogen and oxygen atoms in total. The molecule has 0 fully saturated rings. The normalized spacial score (nSPS) is 14.9. The largest absolute Gasteiger partial charge is 0.495 e. The zero-order chi connectivity index (χ0) is 24.3. The van der Waals surface area contributed by atoms with Crippen LogP contribution in [0.5, 0.6) is 17.2 Å². The van der Waals surface area contributed by atoms with Crippen LogP contribution >= 0.6 is 0 Å². The van der Waals surface area contributed by atoms with Crippen molar-refractivity contribution in [3.63, 3.8) is 0 Å². The van der Waals surface area contributed by atoms with Crippen LogP contribution in [0.15, 0.2) is 35.2 Å². The second kappa shape index (κ2) is 9.67. The molecule has 0 bridgehead atoms. The molecule has 1 aliphatic heterocycles. The summed E-state index contributed by atoms with van der Waals surface area (Å²) in [6, 6.07) is 7.23. The van der Waals surface area contributed by atoms with Crippen LogP contribution in [0.4, 0.5) is 5.69 Å². The monoisotopic (exact) mass is 478 g/mol. The average Bonchev–Trinajstić information content (AvgIpc) is 3.16. The highest BCUT2D eigenvalue weighted by Gasteiger charge is 2.26. The Kier molecular flexibility index (Phi) is 7.13. The lowest BCUT2D eigenvalue weighted by Crippen LogP contribution is -2.23. The van der Waals surface area contributed by atoms with E-state index in [1.54, 1.807) is 6.07 Å². The van der Waals surface area contributed by atoms with Crippen LogP contribution in [-0.4, -0.2) is 65.6 Å². The van der Waals surface area contributed by atoms with E-state index in [0.717, 1.165) is 9.87 Å². The van der Waals surface area contributed by atoms with Gasteiger partial charge in [0.25, 0.3) is 5.91 Å². The fourth-order valence-corrected chi connectivity index (χ4v) is 4.25. The Morgan fingerprint density at radius 2 is 1.82 bits per heavy atom. The molecular formula is C22H26N2O8S. The third kappa shape index (κ3) is 5.20. The number of esters is 1. The number of amides is 1. The number of sulfonamides is 1. The Hall–Kier alpha value is -3.31. The maximum absolute atomic E-state index is 12.5. The van der Waals surface area contributed by atoms with Crippen LogP contribution in [0, 0.1) is 0 Å². The van der Waals surface area contributed by atoms with E-state index < -0.39 is 28.5 Å². The van der Waals surface area contributed by atoms with E-state index in [1.807, 2.05) is 6.92 Å². The van der Waals surface area contributed by atoms with E-state index in [1.165, 1.54) is 52.6 Å². The number of benzene rings is 2. The molecule has 3 rings (SSSR count). The molecule has 0 spiro atoms. The number of fused-ring (bicyclic) bond motifs is 1. The highest BCUT2D eigenvalue weighted by molar-refractivity contribution is 7.89. The highest BCUT2D eigenvalue weighted by Crippen LogP contribution is 2.39. The predicted molar refractivity (Wildman–Crippen MR) is 120 cm³/mol. The maximum Gasteiger partial charge on any atom is 0.338 e. The molecule has 0 saturated carbocycles. The molecule has 11 heteroatoms. The lowest BCUT2D eigenvalue weighted by molar-refractivity contribution is -0.119. The van der Waals surface area contributed by atoms with Gasteiger partial charge in [0.05, 0.1) is 30.4 Å². The van der Waals surface area contributed by atoms with Crippen molar-refractivity contribution in [2.45, 2.75) is 24.3 Å². The molecule has 0 radical (unpaired) electrons. The molecule has 178 valence electrons. The minimum atomic E-state index is -3.72. The first-order valence-electron chi connectivity index (χ1n) is 10.0. The van der Waals surface area contributed by atoms with Gasteiger partial charge in [0.15, 0.2) is 18.1 Å². The number of rotatable bonds is 8. The van der Waals surface area contributed by atoms with Gasteiger partial charge in [-0.25, -0.2) is 17.5 Å². The molecule has 1 aliphatic rings. The number of methoxy groups -OCH3 is 2. The van der Waals surface area contributed by atoms with E-state index in [2.05, 4.69) is 5.32 Å². The molecule has 0 aromatic heterocycles. The fourth-order valence-electron chi connectivity index (χ4n) is 3.32. The highest BCUT2D eigenvalue weighted by atomic mass is 32.2. The number of nitrogens with zero attached hydrogens (tertiary/aromatic N) is 1. The zero-order valence-electron chi connectivity index (χ0n) is 19.0. The Morgan fingerprint density at radius 3 is 2.45 bits per heavy atom. The van der Waals surface area contributed by atoms with Crippen molar-refractivity contribution in [1.82, 2.24) is 4.31 Å². The summed E-state index contributed by atoms with van der Waals surface area (Å²) in [6.07, 6.45) is 0.590. The Morgan fingerprint density at radius 1 is 1.12 bits per heavy atom. The molecule has 1 atom stereocenters. The first kappa shape index (κ1) is 24.3. The summed E-state index contributed by atoms with van der Waals surface area (Å²) in [5.41, 5.74) is 1.18. The summed E-state index contributed by atoms with van der Waals surface area (Å²) in [5, 5.41) is 2.52. The van der Waals surface area contributed by atoms with Gasteiger partial charge in [0.2, 0.25) is 10.0 Å². The number of hydrogen-bond acceptors (Lipinski definition) is 8. The Balaban J connectivity index is 1.71. The summed E-state index contributed by atoms with van der Waals surface area (Å²) in [6.45, 7) is 1.33. The molecule has 0 unspecified atom stereocenters. The van der Waals surface area contributed by atoms with Crippen molar-refractivity contribution in [3.05, 3.63) is 41.5 Å². The van der Waals surface area contributed by atoms with Crippen molar-refractivity contribution in [1.29, 1.82) is 0 Å². The smallest absolute Gasteiger partial charge is 0.338 e. The number of carbonyl (C=O) groups excluding carboxylic acids is 2. The van der Waals surface area contributed by atoms with Crippen LogP contribution in [-0.2, 0) is 26.0 Å². The van der Waals surface area contributed by atoms with Gasteiger partial charge >= 0.3 is 5.97 Å². The van der Waals surface area contributed by atoms with Crippen LogP contribution < -0.4 is 19.5 Å². The van der Waals surface area contributed by atoms with Gasteiger partial charge in [0.1, 0.15) is 11.9 Å². The van der Waals surface area contributed by atoms with Crippen LogP contribution in [0.2, 0.25) is 0 Å². The first-order valence-corrected chi connectivity index (χ1v) is 11.5. The van der Waals surface area contributed by atoms with E-state index in [0.29, 0.717) is 17.9 Å². The van der Waals surface area contributed by atoms with Gasteiger partial charge in [-0.1, -0.05) is 0 Å². The molecule has 0 saturated heterocycles. The molecule has 1 N–H and O–H groups in total. The summed E-state index contributed by atoms with van der Waals surface area (Å²) in [4.78, 5) is 24.9. The fraction of sp³-hybridized carbons (Fsp3) is 0.364. The van der Waals surface area contributed by atoms with Crippen LogP contribution in [0.1, 0.15) is 22.8 Å². The number of carbonyl (C=O) groups is 2. The molecule has 2 aromatic carbocycles. The number of anilines is 1. The first-order chi connectivity index (χ1) is 15.6. The lowest BCUT2D eigenvalue weighted by Gasteiger charge is -2.15. The van der Waals surface area contributed by atoms with Crippen molar-refractivity contribution in [3.8, 4) is 17.2 Å².